The monoisotopic (exact) mass is 215 g/mol. The van der Waals surface area contributed by atoms with Crippen LogP contribution in [0.2, 0.25) is 0 Å². The smallest absolute Gasteiger partial charge is 0.0291 e. The Kier molecular flexibility index (Phi) is 4.17. The molecule has 1 aromatic rings. The highest BCUT2D eigenvalue weighted by atomic mass is 14.9. The van der Waals surface area contributed by atoms with Gasteiger partial charge in [-0.1, -0.05) is 42.5 Å². The van der Waals surface area contributed by atoms with Gasteiger partial charge in [0.15, 0.2) is 0 Å². The fraction of sp³-hybridized carbons (Fsp3) is 0.467. The summed E-state index contributed by atoms with van der Waals surface area (Å²) >= 11 is 0. The second-order valence-electron chi connectivity index (χ2n) is 4.69. The molecule has 16 heavy (non-hydrogen) atoms. The summed E-state index contributed by atoms with van der Waals surface area (Å²) in [6.45, 7) is 3.38. The van der Waals surface area contributed by atoms with Crippen LogP contribution in [0.1, 0.15) is 37.8 Å². The quantitative estimate of drug-likeness (QED) is 0.755. The highest BCUT2D eigenvalue weighted by Gasteiger charge is 2.11. The Morgan fingerprint density at radius 3 is 2.75 bits per heavy atom. The van der Waals surface area contributed by atoms with Crippen molar-refractivity contribution in [3.63, 3.8) is 0 Å². The van der Waals surface area contributed by atoms with Crippen LogP contribution in [-0.2, 0) is 0 Å². The molecule has 0 aliphatic heterocycles. The first-order valence-corrected chi connectivity index (χ1v) is 6.29. The molecular formula is C15H21N. The topological polar surface area (TPSA) is 12.0 Å². The maximum absolute atomic E-state index is 3.63. The van der Waals surface area contributed by atoms with Crippen LogP contribution in [0.4, 0.5) is 0 Å². The molecule has 86 valence electrons. The van der Waals surface area contributed by atoms with Crippen molar-refractivity contribution in [1.29, 1.82) is 0 Å². The maximum Gasteiger partial charge on any atom is 0.0291 e. The molecule has 0 saturated heterocycles. The Morgan fingerprint density at radius 1 is 1.25 bits per heavy atom. The van der Waals surface area contributed by atoms with Gasteiger partial charge in [-0.15, -0.1) is 0 Å². The zero-order chi connectivity index (χ0) is 11.2. The summed E-state index contributed by atoms with van der Waals surface area (Å²) in [6, 6.07) is 11.1. The standard InChI is InChI=1S/C15H21N/c1-13(15-10-6-3-7-11-15)16-12-14-8-4-2-5-9-14/h2-4,6-7,10-11,13-14,16H,5,8-9,12H2,1H3. The first-order chi connectivity index (χ1) is 7.86. The number of hydrogen-bond acceptors (Lipinski definition) is 1. The van der Waals surface area contributed by atoms with E-state index in [9.17, 15) is 0 Å². The average Bonchev–Trinajstić information content (AvgIpc) is 2.38. The molecule has 0 fully saturated rings. The summed E-state index contributed by atoms with van der Waals surface area (Å²) in [5.41, 5.74) is 1.38. The first-order valence-electron chi connectivity index (χ1n) is 6.29. The minimum Gasteiger partial charge on any atom is -0.310 e. The van der Waals surface area contributed by atoms with Crippen LogP contribution in [0.25, 0.3) is 0 Å². The van der Waals surface area contributed by atoms with Gasteiger partial charge in [0.05, 0.1) is 0 Å². The predicted octanol–water partition coefficient (Wildman–Crippen LogP) is 3.69. The second kappa shape index (κ2) is 5.86. The van der Waals surface area contributed by atoms with E-state index in [1.165, 1.54) is 24.8 Å². The Balaban J connectivity index is 1.79. The third-order valence-electron chi connectivity index (χ3n) is 3.39. The summed E-state index contributed by atoms with van der Waals surface area (Å²) in [5, 5.41) is 3.63. The summed E-state index contributed by atoms with van der Waals surface area (Å²) in [7, 11) is 0. The van der Waals surface area contributed by atoms with Crippen LogP contribution in [0, 0.1) is 5.92 Å². The Morgan fingerprint density at radius 2 is 2.06 bits per heavy atom. The molecule has 0 saturated carbocycles. The van der Waals surface area contributed by atoms with Crippen LogP contribution in [0.5, 0.6) is 0 Å². The van der Waals surface area contributed by atoms with Crippen molar-refractivity contribution in [1.82, 2.24) is 5.32 Å². The number of benzene rings is 1. The molecule has 0 heterocycles. The Hall–Kier alpha value is -1.08. The summed E-state index contributed by atoms with van der Waals surface area (Å²) in [4.78, 5) is 0. The van der Waals surface area contributed by atoms with Crippen LogP contribution < -0.4 is 5.32 Å². The highest BCUT2D eigenvalue weighted by Crippen LogP contribution is 2.19. The molecule has 0 aromatic heterocycles. The van der Waals surface area contributed by atoms with Gasteiger partial charge in [-0.05, 0) is 44.2 Å². The molecule has 2 rings (SSSR count). The molecule has 1 N–H and O–H groups in total. The maximum atomic E-state index is 3.63. The van der Waals surface area contributed by atoms with E-state index in [0.717, 1.165) is 12.5 Å². The van der Waals surface area contributed by atoms with E-state index in [1.54, 1.807) is 0 Å². The van der Waals surface area contributed by atoms with Gasteiger partial charge < -0.3 is 5.32 Å². The lowest BCUT2D eigenvalue weighted by Gasteiger charge is -2.21. The van der Waals surface area contributed by atoms with Crippen molar-refractivity contribution < 1.29 is 0 Å². The van der Waals surface area contributed by atoms with Gasteiger partial charge in [0, 0.05) is 6.04 Å². The van der Waals surface area contributed by atoms with Crippen LogP contribution in [0.3, 0.4) is 0 Å². The van der Waals surface area contributed by atoms with Gasteiger partial charge >= 0.3 is 0 Å². The fourth-order valence-corrected chi connectivity index (χ4v) is 2.24. The number of rotatable bonds is 4. The third kappa shape index (κ3) is 3.21. The first kappa shape index (κ1) is 11.4. The fourth-order valence-electron chi connectivity index (χ4n) is 2.24. The molecule has 0 radical (unpaired) electrons. The predicted molar refractivity (Wildman–Crippen MR) is 69.3 cm³/mol. The lowest BCUT2D eigenvalue weighted by Crippen LogP contribution is -2.26. The lowest BCUT2D eigenvalue weighted by molar-refractivity contribution is 0.415. The van der Waals surface area contributed by atoms with E-state index in [4.69, 9.17) is 0 Å². The normalized spacial score (nSPS) is 21.9. The summed E-state index contributed by atoms with van der Waals surface area (Å²) in [5.74, 6) is 0.830. The van der Waals surface area contributed by atoms with E-state index in [-0.39, 0.29) is 0 Å². The zero-order valence-corrected chi connectivity index (χ0v) is 10.0. The molecule has 2 unspecified atom stereocenters. The molecular weight excluding hydrogens is 194 g/mol. The lowest BCUT2D eigenvalue weighted by atomic mass is 9.94. The summed E-state index contributed by atoms with van der Waals surface area (Å²) in [6.07, 6.45) is 8.46. The van der Waals surface area contributed by atoms with Crippen LogP contribution in [-0.4, -0.2) is 6.54 Å². The van der Waals surface area contributed by atoms with Crippen LogP contribution in [0.15, 0.2) is 42.5 Å². The zero-order valence-electron chi connectivity index (χ0n) is 10.0. The second-order valence-corrected chi connectivity index (χ2v) is 4.69. The number of hydrogen-bond donors (Lipinski definition) is 1. The van der Waals surface area contributed by atoms with Gasteiger partial charge in [0.25, 0.3) is 0 Å². The molecule has 1 aliphatic rings. The molecule has 0 bridgehead atoms. The number of allylic oxidation sites excluding steroid dienone is 2. The number of nitrogens with one attached hydrogen (secondary N) is 1. The van der Waals surface area contributed by atoms with Crippen molar-refractivity contribution >= 4 is 0 Å². The van der Waals surface area contributed by atoms with Gasteiger partial charge in [-0.2, -0.15) is 0 Å². The SMILES string of the molecule is CC(NCC1CC=CCC1)c1ccccc1. The molecule has 1 heteroatoms. The van der Waals surface area contributed by atoms with Gasteiger partial charge in [-0.3, -0.25) is 0 Å². The largest absolute Gasteiger partial charge is 0.310 e. The van der Waals surface area contributed by atoms with Crippen molar-refractivity contribution in [2.45, 2.75) is 32.2 Å². The van der Waals surface area contributed by atoms with E-state index in [0.29, 0.717) is 6.04 Å². The molecule has 1 nitrogen and oxygen atoms in total. The van der Waals surface area contributed by atoms with Crippen molar-refractivity contribution in [2.75, 3.05) is 6.54 Å². The van der Waals surface area contributed by atoms with E-state index < -0.39 is 0 Å². The Labute approximate surface area is 98.6 Å². The molecule has 0 spiro atoms. The average molecular weight is 215 g/mol. The van der Waals surface area contributed by atoms with Gasteiger partial charge in [0.1, 0.15) is 0 Å². The summed E-state index contributed by atoms with van der Waals surface area (Å²) < 4.78 is 0. The van der Waals surface area contributed by atoms with E-state index in [2.05, 4.69) is 54.7 Å². The molecule has 1 aliphatic carbocycles. The Bertz CT molecular complexity index is 329. The molecule has 1 aromatic carbocycles. The highest BCUT2D eigenvalue weighted by molar-refractivity contribution is 5.18. The van der Waals surface area contributed by atoms with Crippen molar-refractivity contribution in [3.8, 4) is 0 Å². The van der Waals surface area contributed by atoms with Crippen molar-refractivity contribution in [3.05, 3.63) is 48.0 Å². The molecule has 2 atom stereocenters. The van der Waals surface area contributed by atoms with E-state index >= 15 is 0 Å². The van der Waals surface area contributed by atoms with Crippen LogP contribution >= 0.6 is 0 Å². The minimum absolute atomic E-state index is 0.465. The van der Waals surface area contributed by atoms with Gasteiger partial charge in [-0.25, -0.2) is 0 Å². The van der Waals surface area contributed by atoms with Crippen molar-refractivity contribution in [2.24, 2.45) is 5.92 Å². The van der Waals surface area contributed by atoms with E-state index in [1.807, 2.05) is 0 Å². The third-order valence-corrected chi connectivity index (χ3v) is 3.39. The van der Waals surface area contributed by atoms with Gasteiger partial charge in [0.2, 0.25) is 0 Å². The molecule has 0 amide bonds. The minimum atomic E-state index is 0.465.